The van der Waals surface area contributed by atoms with Crippen LogP contribution in [0.4, 0.5) is 0 Å². The minimum absolute atomic E-state index is 1.03. The second kappa shape index (κ2) is 6.18. The zero-order valence-electron chi connectivity index (χ0n) is 12.0. The molecule has 0 saturated carbocycles. The van der Waals surface area contributed by atoms with Gasteiger partial charge in [-0.05, 0) is 54.0 Å². The van der Waals surface area contributed by atoms with Gasteiger partial charge in [0.15, 0.2) is 0 Å². The SMILES string of the molecule is Cc1c(Br)c(/C=N\n2cnnc2)c(C)n1-c1ccc(Br)cc1. The number of aromatic nitrogens is 4. The Kier molecular flexibility index (Phi) is 4.26. The van der Waals surface area contributed by atoms with Gasteiger partial charge < -0.3 is 4.57 Å². The lowest BCUT2D eigenvalue weighted by molar-refractivity contribution is 0.877. The van der Waals surface area contributed by atoms with Crippen LogP contribution in [0.15, 0.2) is 51.0 Å². The molecule has 0 radical (unpaired) electrons. The number of hydrogen-bond donors (Lipinski definition) is 0. The van der Waals surface area contributed by atoms with E-state index in [9.17, 15) is 0 Å². The van der Waals surface area contributed by atoms with Crippen LogP contribution in [0.1, 0.15) is 17.0 Å². The Labute approximate surface area is 144 Å². The van der Waals surface area contributed by atoms with Crippen LogP contribution >= 0.6 is 31.9 Å². The summed E-state index contributed by atoms with van der Waals surface area (Å²) in [6, 6.07) is 8.23. The fraction of sp³-hybridized carbons (Fsp3) is 0.133. The minimum Gasteiger partial charge on any atom is -0.317 e. The highest BCUT2D eigenvalue weighted by Crippen LogP contribution is 2.30. The van der Waals surface area contributed by atoms with Gasteiger partial charge in [0.25, 0.3) is 0 Å². The molecule has 0 bridgehead atoms. The number of nitrogens with zero attached hydrogens (tertiary/aromatic N) is 5. The van der Waals surface area contributed by atoms with Crippen molar-refractivity contribution in [2.75, 3.05) is 0 Å². The van der Waals surface area contributed by atoms with Gasteiger partial charge in [-0.2, -0.15) is 5.10 Å². The molecular formula is C15H13Br2N5. The predicted octanol–water partition coefficient (Wildman–Crippen LogP) is 4.09. The molecule has 0 amide bonds. The first-order valence-electron chi connectivity index (χ1n) is 6.60. The van der Waals surface area contributed by atoms with Crippen LogP contribution < -0.4 is 0 Å². The van der Waals surface area contributed by atoms with Gasteiger partial charge in [-0.25, -0.2) is 4.68 Å². The highest BCUT2D eigenvalue weighted by molar-refractivity contribution is 9.10. The van der Waals surface area contributed by atoms with E-state index in [1.165, 1.54) is 0 Å². The molecule has 0 unspecified atom stereocenters. The maximum absolute atomic E-state index is 4.34. The van der Waals surface area contributed by atoms with Crippen LogP contribution in [-0.2, 0) is 0 Å². The maximum atomic E-state index is 4.34. The zero-order chi connectivity index (χ0) is 15.7. The number of halogens is 2. The van der Waals surface area contributed by atoms with Crippen molar-refractivity contribution in [3.8, 4) is 5.69 Å². The van der Waals surface area contributed by atoms with Crippen LogP contribution in [-0.4, -0.2) is 25.7 Å². The fourth-order valence-electron chi connectivity index (χ4n) is 2.33. The third-order valence-electron chi connectivity index (χ3n) is 3.43. The summed E-state index contributed by atoms with van der Waals surface area (Å²) in [4.78, 5) is 0. The van der Waals surface area contributed by atoms with Gasteiger partial charge in [-0.3, -0.25) is 0 Å². The second-order valence-electron chi connectivity index (χ2n) is 4.80. The molecule has 0 atom stereocenters. The van der Waals surface area contributed by atoms with E-state index in [2.05, 4.69) is 77.7 Å². The zero-order valence-corrected chi connectivity index (χ0v) is 15.2. The third-order valence-corrected chi connectivity index (χ3v) is 4.96. The Balaban J connectivity index is 2.06. The lowest BCUT2D eigenvalue weighted by atomic mass is 10.2. The molecule has 2 heterocycles. The van der Waals surface area contributed by atoms with Gasteiger partial charge in [-0.15, -0.1) is 10.2 Å². The van der Waals surface area contributed by atoms with Gasteiger partial charge in [0.2, 0.25) is 0 Å². The van der Waals surface area contributed by atoms with Gasteiger partial charge >= 0.3 is 0 Å². The summed E-state index contributed by atoms with van der Waals surface area (Å²) in [7, 11) is 0. The van der Waals surface area contributed by atoms with Gasteiger partial charge in [0.05, 0.1) is 6.21 Å². The molecule has 0 spiro atoms. The third kappa shape index (κ3) is 2.78. The van der Waals surface area contributed by atoms with Crippen LogP contribution in [0.5, 0.6) is 0 Å². The van der Waals surface area contributed by atoms with E-state index in [-0.39, 0.29) is 0 Å². The molecule has 3 aromatic rings. The minimum atomic E-state index is 1.03. The van der Waals surface area contributed by atoms with Crippen molar-refractivity contribution in [3.63, 3.8) is 0 Å². The molecule has 0 aliphatic rings. The summed E-state index contributed by atoms with van der Waals surface area (Å²) >= 11 is 7.13. The molecule has 0 saturated heterocycles. The molecule has 0 aliphatic heterocycles. The van der Waals surface area contributed by atoms with Gasteiger partial charge in [0.1, 0.15) is 12.7 Å². The van der Waals surface area contributed by atoms with E-state index in [1.807, 2.05) is 18.3 Å². The molecule has 1 aromatic carbocycles. The first-order chi connectivity index (χ1) is 10.6. The van der Waals surface area contributed by atoms with E-state index in [0.29, 0.717) is 0 Å². The molecule has 22 heavy (non-hydrogen) atoms. The second-order valence-corrected chi connectivity index (χ2v) is 6.51. The average molecular weight is 423 g/mol. The molecule has 5 nitrogen and oxygen atoms in total. The van der Waals surface area contributed by atoms with Crippen molar-refractivity contribution in [2.45, 2.75) is 13.8 Å². The van der Waals surface area contributed by atoms with Crippen molar-refractivity contribution < 1.29 is 0 Å². The number of benzene rings is 1. The lowest BCUT2D eigenvalue weighted by Gasteiger charge is -2.09. The summed E-state index contributed by atoms with van der Waals surface area (Å²) < 4.78 is 5.86. The van der Waals surface area contributed by atoms with Crippen LogP contribution in [0.2, 0.25) is 0 Å². The monoisotopic (exact) mass is 421 g/mol. The molecule has 112 valence electrons. The summed E-state index contributed by atoms with van der Waals surface area (Å²) in [5.41, 5.74) is 4.39. The smallest absolute Gasteiger partial charge is 0.141 e. The van der Waals surface area contributed by atoms with Crippen molar-refractivity contribution in [1.29, 1.82) is 0 Å². The quantitative estimate of drug-likeness (QED) is 0.596. The topological polar surface area (TPSA) is 48.0 Å². The van der Waals surface area contributed by atoms with Crippen molar-refractivity contribution in [1.82, 2.24) is 19.4 Å². The van der Waals surface area contributed by atoms with Crippen molar-refractivity contribution in [3.05, 3.63) is 62.8 Å². The van der Waals surface area contributed by atoms with Crippen molar-refractivity contribution >= 4 is 38.1 Å². The van der Waals surface area contributed by atoms with Gasteiger partial charge in [-0.1, -0.05) is 15.9 Å². The Bertz CT molecular complexity index is 817. The Morgan fingerprint density at radius 2 is 1.64 bits per heavy atom. The fourth-order valence-corrected chi connectivity index (χ4v) is 3.16. The first-order valence-corrected chi connectivity index (χ1v) is 8.19. The van der Waals surface area contributed by atoms with E-state index >= 15 is 0 Å². The highest BCUT2D eigenvalue weighted by atomic mass is 79.9. The molecule has 2 aromatic heterocycles. The predicted molar refractivity (Wildman–Crippen MR) is 93.7 cm³/mol. The molecule has 0 fully saturated rings. The summed E-state index contributed by atoms with van der Waals surface area (Å²) in [5, 5.41) is 11.8. The molecule has 0 aliphatic carbocycles. The van der Waals surface area contributed by atoms with Crippen molar-refractivity contribution in [2.24, 2.45) is 5.10 Å². The van der Waals surface area contributed by atoms with E-state index in [4.69, 9.17) is 0 Å². The Morgan fingerprint density at radius 1 is 1.00 bits per heavy atom. The average Bonchev–Trinajstić information content (AvgIpc) is 3.08. The van der Waals surface area contributed by atoms with Gasteiger partial charge in [0, 0.05) is 31.6 Å². The Hall–Kier alpha value is -1.73. The van der Waals surface area contributed by atoms with Crippen LogP contribution in [0.25, 0.3) is 5.69 Å². The largest absolute Gasteiger partial charge is 0.317 e. The lowest BCUT2D eigenvalue weighted by Crippen LogP contribution is -1.99. The van der Waals surface area contributed by atoms with Crippen LogP contribution in [0.3, 0.4) is 0 Å². The first kappa shape index (κ1) is 15.2. The molecule has 0 N–H and O–H groups in total. The summed E-state index contributed by atoms with van der Waals surface area (Å²) in [5.74, 6) is 0. The normalized spacial score (nSPS) is 11.5. The standard InChI is InChI=1S/C15H13Br2N5/c1-10-14(7-20-21-8-18-19-9-21)15(17)11(2)22(10)13-5-3-12(16)4-6-13/h3-9H,1-2H3/b20-7-. The Morgan fingerprint density at radius 3 is 2.27 bits per heavy atom. The maximum Gasteiger partial charge on any atom is 0.141 e. The number of rotatable bonds is 3. The molecule has 7 heteroatoms. The molecule has 3 rings (SSSR count). The highest BCUT2D eigenvalue weighted by Gasteiger charge is 2.15. The summed E-state index contributed by atoms with van der Waals surface area (Å²) in [6.07, 6.45) is 4.92. The molecular weight excluding hydrogens is 410 g/mol. The van der Waals surface area contributed by atoms with E-state index in [0.717, 1.165) is 31.6 Å². The van der Waals surface area contributed by atoms with E-state index in [1.54, 1.807) is 17.3 Å². The number of hydrogen-bond acceptors (Lipinski definition) is 3. The van der Waals surface area contributed by atoms with E-state index < -0.39 is 0 Å². The summed E-state index contributed by atoms with van der Waals surface area (Å²) in [6.45, 7) is 4.16. The van der Waals surface area contributed by atoms with Crippen LogP contribution in [0, 0.1) is 13.8 Å².